The topological polar surface area (TPSA) is 67.2 Å². The van der Waals surface area contributed by atoms with Crippen molar-refractivity contribution in [1.82, 2.24) is 15.1 Å². The average molecular weight is 392 g/mol. The Morgan fingerprint density at radius 2 is 1.86 bits per heavy atom. The van der Waals surface area contributed by atoms with E-state index >= 15 is 0 Å². The van der Waals surface area contributed by atoms with E-state index in [0.29, 0.717) is 18.8 Å². The van der Waals surface area contributed by atoms with Gasteiger partial charge < -0.3 is 10.2 Å². The molecule has 2 heterocycles. The second-order valence-corrected chi connectivity index (χ2v) is 7.55. The van der Waals surface area contributed by atoms with Crippen LogP contribution in [0.5, 0.6) is 0 Å². The van der Waals surface area contributed by atoms with Crippen LogP contribution in [0.25, 0.3) is 0 Å². The van der Waals surface area contributed by atoms with Gasteiger partial charge in [-0.2, -0.15) is 5.10 Å². The number of carbonyl (C=O) groups excluding carboxylic acids is 2. The van der Waals surface area contributed by atoms with Crippen LogP contribution in [0.4, 0.5) is 5.69 Å². The molecule has 0 atom stereocenters. The number of nitrogens with one attached hydrogen (secondary N) is 1. The number of carbonyl (C=O) groups is 2. The first-order chi connectivity index (χ1) is 13.7. The summed E-state index contributed by atoms with van der Waals surface area (Å²) >= 11 is 1.51. The van der Waals surface area contributed by atoms with E-state index in [4.69, 9.17) is 0 Å². The van der Waals surface area contributed by atoms with Gasteiger partial charge in [-0.15, -0.1) is 11.8 Å². The van der Waals surface area contributed by atoms with Gasteiger partial charge in [0.25, 0.3) is 0 Å². The van der Waals surface area contributed by atoms with E-state index in [1.807, 2.05) is 65.5 Å². The Morgan fingerprint density at radius 1 is 1.07 bits per heavy atom. The summed E-state index contributed by atoms with van der Waals surface area (Å²) in [6, 6.07) is 17.6. The van der Waals surface area contributed by atoms with Gasteiger partial charge in [0.05, 0.1) is 18.0 Å². The number of amides is 2. The minimum absolute atomic E-state index is 0.0355. The minimum Gasteiger partial charge on any atom is -0.350 e. The number of rotatable bonds is 6. The fourth-order valence-corrected chi connectivity index (χ4v) is 4.01. The highest BCUT2D eigenvalue weighted by Gasteiger charge is 2.25. The van der Waals surface area contributed by atoms with Crippen LogP contribution in [-0.4, -0.2) is 33.9 Å². The zero-order valence-corrected chi connectivity index (χ0v) is 16.1. The van der Waals surface area contributed by atoms with Gasteiger partial charge in [-0.25, -0.2) is 0 Å². The normalized spacial score (nSPS) is 13.3. The number of thioether (sulfide) groups is 1. The highest BCUT2D eigenvalue weighted by molar-refractivity contribution is 8.00. The van der Waals surface area contributed by atoms with Crippen molar-refractivity contribution in [3.63, 3.8) is 0 Å². The molecule has 0 bridgehead atoms. The Bertz CT molecular complexity index is 970. The van der Waals surface area contributed by atoms with E-state index in [9.17, 15) is 9.59 Å². The molecule has 0 aliphatic carbocycles. The molecule has 0 saturated carbocycles. The first-order valence-corrected chi connectivity index (χ1v) is 10.0. The molecule has 1 aliphatic rings. The molecule has 4 rings (SSSR count). The minimum atomic E-state index is -0.171. The molecule has 2 amide bonds. The Labute approximate surface area is 167 Å². The van der Waals surface area contributed by atoms with Gasteiger partial charge in [-0.3, -0.25) is 14.3 Å². The summed E-state index contributed by atoms with van der Waals surface area (Å²) in [7, 11) is 0. The van der Waals surface area contributed by atoms with Crippen molar-refractivity contribution in [2.24, 2.45) is 0 Å². The summed E-state index contributed by atoms with van der Waals surface area (Å²) in [5.74, 6) is 0.152. The molecule has 0 spiro atoms. The van der Waals surface area contributed by atoms with Crippen LogP contribution in [0.2, 0.25) is 0 Å². The van der Waals surface area contributed by atoms with Gasteiger partial charge in [0.2, 0.25) is 11.8 Å². The third kappa shape index (κ3) is 4.26. The number of hydrogen-bond acceptors (Lipinski definition) is 4. The average Bonchev–Trinajstić information content (AvgIpc) is 3.23. The van der Waals surface area contributed by atoms with E-state index in [1.165, 1.54) is 11.8 Å². The van der Waals surface area contributed by atoms with E-state index in [0.717, 1.165) is 21.7 Å². The fourth-order valence-electron chi connectivity index (χ4n) is 3.07. The monoisotopic (exact) mass is 392 g/mol. The number of aromatic nitrogens is 2. The SMILES string of the molecule is O=C(CN1C(=O)CSc2ccccc21)NCc1ccc(Cn2cccn2)cc1. The van der Waals surface area contributed by atoms with Crippen molar-refractivity contribution in [2.75, 3.05) is 17.2 Å². The van der Waals surface area contributed by atoms with Crippen LogP contribution in [0.1, 0.15) is 11.1 Å². The molecular weight excluding hydrogens is 372 g/mol. The van der Waals surface area contributed by atoms with Crippen molar-refractivity contribution in [1.29, 1.82) is 0 Å². The summed E-state index contributed by atoms with van der Waals surface area (Å²) in [5.41, 5.74) is 2.96. The molecule has 3 aromatic rings. The van der Waals surface area contributed by atoms with Crippen LogP contribution in [-0.2, 0) is 22.7 Å². The molecular formula is C21H20N4O2S. The van der Waals surface area contributed by atoms with Crippen LogP contribution in [0.15, 0.2) is 71.9 Å². The molecule has 7 heteroatoms. The standard InChI is InChI=1S/C21H20N4O2S/c26-20(14-25-18-4-1-2-5-19(18)28-15-21(25)27)22-12-16-6-8-17(9-7-16)13-24-11-3-10-23-24/h1-11H,12-15H2,(H,22,26). The largest absolute Gasteiger partial charge is 0.350 e. The predicted octanol–water partition coefficient (Wildman–Crippen LogP) is 2.69. The lowest BCUT2D eigenvalue weighted by atomic mass is 10.1. The Hall–Kier alpha value is -3.06. The van der Waals surface area contributed by atoms with Gasteiger partial charge in [0.1, 0.15) is 6.54 Å². The van der Waals surface area contributed by atoms with Crippen molar-refractivity contribution < 1.29 is 9.59 Å². The van der Waals surface area contributed by atoms with E-state index in [-0.39, 0.29) is 18.4 Å². The van der Waals surface area contributed by atoms with Gasteiger partial charge in [-0.05, 0) is 29.3 Å². The van der Waals surface area contributed by atoms with E-state index < -0.39 is 0 Å². The molecule has 1 aliphatic heterocycles. The molecule has 0 saturated heterocycles. The Morgan fingerprint density at radius 3 is 2.64 bits per heavy atom. The quantitative estimate of drug-likeness (QED) is 0.700. The second kappa shape index (κ2) is 8.31. The van der Waals surface area contributed by atoms with Gasteiger partial charge in [-0.1, -0.05) is 36.4 Å². The number of hydrogen-bond donors (Lipinski definition) is 1. The van der Waals surface area contributed by atoms with E-state index in [2.05, 4.69) is 10.4 Å². The van der Waals surface area contributed by atoms with Gasteiger partial charge in [0, 0.05) is 23.8 Å². The fraction of sp³-hybridized carbons (Fsp3) is 0.190. The smallest absolute Gasteiger partial charge is 0.240 e. The maximum absolute atomic E-state index is 12.4. The summed E-state index contributed by atoms with van der Waals surface area (Å²) in [6.07, 6.45) is 3.68. The maximum Gasteiger partial charge on any atom is 0.240 e. The number of nitrogens with zero attached hydrogens (tertiary/aromatic N) is 3. The van der Waals surface area contributed by atoms with Crippen LogP contribution in [0, 0.1) is 0 Å². The summed E-state index contributed by atoms with van der Waals surface area (Å²) in [5, 5.41) is 7.10. The molecule has 0 unspecified atom stereocenters. The lowest BCUT2D eigenvalue weighted by Crippen LogP contribution is -2.43. The van der Waals surface area contributed by atoms with Crippen molar-refractivity contribution in [3.05, 3.63) is 78.1 Å². The summed E-state index contributed by atoms with van der Waals surface area (Å²) in [6.45, 7) is 1.18. The molecule has 2 aromatic carbocycles. The van der Waals surface area contributed by atoms with Crippen LogP contribution >= 0.6 is 11.8 Å². The third-order valence-corrected chi connectivity index (χ3v) is 5.57. The van der Waals surface area contributed by atoms with Gasteiger partial charge in [0.15, 0.2) is 0 Å². The molecule has 142 valence electrons. The molecule has 0 radical (unpaired) electrons. The van der Waals surface area contributed by atoms with Crippen molar-refractivity contribution in [3.8, 4) is 0 Å². The number of anilines is 1. The molecule has 6 nitrogen and oxygen atoms in total. The number of para-hydroxylation sites is 1. The van der Waals surface area contributed by atoms with Crippen molar-refractivity contribution in [2.45, 2.75) is 18.0 Å². The zero-order chi connectivity index (χ0) is 19.3. The Balaban J connectivity index is 1.33. The zero-order valence-electron chi connectivity index (χ0n) is 15.2. The number of fused-ring (bicyclic) bond motifs is 1. The van der Waals surface area contributed by atoms with Crippen LogP contribution in [0.3, 0.4) is 0 Å². The molecule has 1 aromatic heterocycles. The summed E-state index contributed by atoms with van der Waals surface area (Å²) in [4.78, 5) is 27.2. The molecule has 1 N–H and O–H groups in total. The van der Waals surface area contributed by atoms with E-state index in [1.54, 1.807) is 11.1 Å². The lowest BCUT2D eigenvalue weighted by Gasteiger charge is -2.28. The maximum atomic E-state index is 12.4. The third-order valence-electron chi connectivity index (χ3n) is 4.53. The lowest BCUT2D eigenvalue weighted by molar-refractivity contribution is -0.123. The highest BCUT2D eigenvalue weighted by atomic mass is 32.2. The Kier molecular flexibility index (Phi) is 5.43. The summed E-state index contributed by atoms with van der Waals surface area (Å²) < 4.78 is 1.86. The highest BCUT2D eigenvalue weighted by Crippen LogP contribution is 2.34. The van der Waals surface area contributed by atoms with Crippen molar-refractivity contribution >= 4 is 29.3 Å². The molecule has 0 fully saturated rings. The number of benzene rings is 2. The van der Waals surface area contributed by atoms with Gasteiger partial charge >= 0.3 is 0 Å². The second-order valence-electron chi connectivity index (χ2n) is 6.53. The first kappa shape index (κ1) is 18.3. The predicted molar refractivity (Wildman–Crippen MR) is 109 cm³/mol. The van der Waals surface area contributed by atoms with Crippen LogP contribution < -0.4 is 10.2 Å². The first-order valence-electron chi connectivity index (χ1n) is 9.03. The molecule has 28 heavy (non-hydrogen) atoms.